The lowest BCUT2D eigenvalue weighted by atomic mass is 9.92. The Hall–Kier alpha value is -1.56. The molecule has 1 atom stereocenters. The topological polar surface area (TPSA) is 80.1 Å². The predicted octanol–water partition coefficient (Wildman–Crippen LogP) is 2.58. The van der Waals surface area contributed by atoms with Gasteiger partial charge in [-0.2, -0.15) is 0 Å². The summed E-state index contributed by atoms with van der Waals surface area (Å²) in [6.45, 7) is 6.10. The summed E-state index contributed by atoms with van der Waals surface area (Å²) in [4.78, 5) is 15.6. The van der Waals surface area contributed by atoms with Gasteiger partial charge in [0, 0.05) is 36.4 Å². The van der Waals surface area contributed by atoms with Crippen LogP contribution in [0, 0.1) is 19.8 Å². The van der Waals surface area contributed by atoms with Crippen molar-refractivity contribution < 1.29 is 9.53 Å². The highest BCUT2D eigenvalue weighted by molar-refractivity contribution is 5.86. The maximum absolute atomic E-state index is 12.3. The number of aryl methyl sites for hydroxylation is 2. The summed E-state index contributed by atoms with van der Waals surface area (Å²) in [6, 6.07) is 5.79. The summed E-state index contributed by atoms with van der Waals surface area (Å²) >= 11 is 0. The van der Waals surface area contributed by atoms with Gasteiger partial charge in [-0.1, -0.05) is 6.07 Å². The second kappa shape index (κ2) is 8.01. The number of aromatic amines is 1. The van der Waals surface area contributed by atoms with Gasteiger partial charge in [0.2, 0.25) is 5.91 Å². The van der Waals surface area contributed by atoms with E-state index in [9.17, 15) is 4.79 Å². The summed E-state index contributed by atoms with van der Waals surface area (Å²) in [5.74, 6) is 0.153. The summed E-state index contributed by atoms with van der Waals surface area (Å²) in [5, 5.41) is 4.18. The molecule has 2 aromatic rings. The highest BCUT2D eigenvalue weighted by Gasteiger charge is 2.26. The summed E-state index contributed by atoms with van der Waals surface area (Å²) in [7, 11) is 0. The number of nitrogens with two attached hydrogens (primary N) is 1. The molecule has 0 aliphatic carbocycles. The molecule has 0 radical (unpaired) electrons. The quantitative estimate of drug-likeness (QED) is 0.792. The van der Waals surface area contributed by atoms with Gasteiger partial charge in [0.1, 0.15) is 0 Å². The van der Waals surface area contributed by atoms with E-state index in [0.717, 1.165) is 23.9 Å². The number of nitrogens with one attached hydrogen (secondary N) is 2. The highest BCUT2D eigenvalue weighted by atomic mass is 35.5. The van der Waals surface area contributed by atoms with Crippen LogP contribution in [0.4, 0.5) is 0 Å². The van der Waals surface area contributed by atoms with Gasteiger partial charge in [-0.3, -0.25) is 4.79 Å². The van der Waals surface area contributed by atoms with Gasteiger partial charge in [-0.05, 0) is 55.9 Å². The number of rotatable bonds is 4. The fraction of sp³-hybridized carbons (Fsp3) is 0.500. The Labute approximate surface area is 148 Å². The van der Waals surface area contributed by atoms with E-state index in [4.69, 9.17) is 10.5 Å². The average Bonchev–Trinajstić information content (AvgIpc) is 2.87. The van der Waals surface area contributed by atoms with E-state index in [-0.39, 0.29) is 24.2 Å². The molecule has 4 N–H and O–H groups in total. The number of carbonyl (C=O) groups excluding carboxylic acids is 1. The second-order valence-electron chi connectivity index (χ2n) is 6.45. The minimum atomic E-state index is -0.445. The fourth-order valence-electron chi connectivity index (χ4n) is 3.21. The maximum Gasteiger partial charge on any atom is 0.237 e. The molecule has 1 aliphatic rings. The van der Waals surface area contributed by atoms with Crippen molar-refractivity contribution in [3.8, 4) is 0 Å². The van der Waals surface area contributed by atoms with Crippen LogP contribution >= 0.6 is 12.4 Å². The molecule has 5 nitrogen and oxygen atoms in total. The van der Waals surface area contributed by atoms with E-state index in [1.807, 2.05) is 6.07 Å². The molecule has 1 amide bonds. The minimum Gasteiger partial charge on any atom is -0.381 e. The van der Waals surface area contributed by atoms with E-state index < -0.39 is 6.04 Å². The second-order valence-corrected chi connectivity index (χ2v) is 6.45. The first-order valence-electron chi connectivity index (χ1n) is 8.25. The summed E-state index contributed by atoms with van der Waals surface area (Å²) in [6.07, 6.45) is 1.73. The van der Waals surface area contributed by atoms with E-state index in [0.29, 0.717) is 19.8 Å². The molecular weight excluding hydrogens is 326 g/mol. The van der Waals surface area contributed by atoms with Crippen LogP contribution in [0.25, 0.3) is 10.9 Å². The zero-order valence-electron chi connectivity index (χ0n) is 14.2. The Balaban J connectivity index is 0.00000208. The Morgan fingerprint density at radius 1 is 1.38 bits per heavy atom. The van der Waals surface area contributed by atoms with Crippen molar-refractivity contribution in [2.24, 2.45) is 11.7 Å². The van der Waals surface area contributed by atoms with Gasteiger partial charge < -0.3 is 20.8 Å². The van der Waals surface area contributed by atoms with Crippen molar-refractivity contribution in [2.75, 3.05) is 13.2 Å². The van der Waals surface area contributed by atoms with E-state index >= 15 is 0 Å². The van der Waals surface area contributed by atoms with Crippen LogP contribution < -0.4 is 11.1 Å². The van der Waals surface area contributed by atoms with E-state index in [2.05, 4.69) is 36.3 Å². The number of fused-ring (bicyclic) bond motifs is 1. The molecule has 3 rings (SSSR count). The Bertz CT molecular complexity index is 708. The van der Waals surface area contributed by atoms with Gasteiger partial charge in [-0.15, -0.1) is 12.4 Å². The first-order chi connectivity index (χ1) is 11.1. The molecule has 1 unspecified atom stereocenters. The molecule has 132 valence electrons. The Morgan fingerprint density at radius 3 is 2.79 bits per heavy atom. The van der Waals surface area contributed by atoms with Crippen molar-refractivity contribution in [1.29, 1.82) is 0 Å². The van der Waals surface area contributed by atoms with E-state index in [1.165, 1.54) is 16.6 Å². The van der Waals surface area contributed by atoms with Crippen molar-refractivity contribution in [3.63, 3.8) is 0 Å². The van der Waals surface area contributed by atoms with Crippen LogP contribution in [0.2, 0.25) is 0 Å². The largest absolute Gasteiger partial charge is 0.381 e. The van der Waals surface area contributed by atoms with Crippen LogP contribution in [0.15, 0.2) is 18.2 Å². The molecule has 1 fully saturated rings. The molecule has 0 bridgehead atoms. The number of halogens is 1. The Morgan fingerprint density at radius 2 is 2.08 bits per heavy atom. The highest BCUT2D eigenvalue weighted by Crippen LogP contribution is 2.22. The van der Waals surface area contributed by atoms with Crippen LogP contribution in [0.5, 0.6) is 0 Å². The molecule has 24 heavy (non-hydrogen) atoms. The number of carbonyl (C=O) groups is 1. The van der Waals surface area contributed by atoms with Gasteiger partial charge in [0.25, 0.3) is 0 Å². The predicted molar refractivity (Wildman–Crippen MR) is 98.4 cm³/mol. The number of hydrogen-bond acceptors (Lipinski definition) is 3. The lowest BCUT2D eigenvalue weighted by Crippen LogP contribution is -2.46. The molecule has 1 aromatic heterocycles. The number of H-pyrrole nitrogens is 1. The monoisotopic (exact) mass is 351 g/mol. The third-order valence-corrected chi connectivity index (χ3v) is 4.92. The van der Waals surface area contributed by atoms with Crippen LogP contribution in [-0.4, -0.2) is 30.1 Å². The molecule has 6 heteroatoms. The molecule has 0 saturated carbocycles. The van der Waals surface area contributed by atoms with Gasteiger partial charge >= 0.3 is 0 Å². The standard InChI is InChI=1S/C18H25N3O2.ClH/c1-11-12(2)21-16-4-3-13(9-15(11)16)10-20-18(22)17(19)14-5-7-23-8-6-14;/h3-4,9,14,17,21H,5-8,10,19H2,1-2H3,(H,20,22);1H. The summed E-state index contributed by atoms with van der Waals surface area (Å²) in [5.41, 5.74) is 10.8. The molecule has 1 aromatic carbocycles. The van der Waals surface area contributed by atoms with Crippen molar-refractivity contribution >= 4 is 29.2 Å². The van der Waals surface area contributed by atoms with Crippen LogP contribution in [0.1, 0.15) is 29.7 Å². The Kier molecular flexibility index (Phi) is 6.27. The minimum absolute atomic E-state index is 0. The molecule has 0 spiro atoms. The number of aromatic nitrogens is 1. The molecular formula is C18H26ClN3O2. The van der Waals surface area contributed by atoms with Gasteiger partial charge in [0.05, 0.1) is 6.04 Å². The number of benzene rings is 1. The molecule has 1 saturated heterocycles. The van der Waals surface area contributed by atoms with Crippen molar-refractivity contribution in [1.82, 2.24) is 10.3 Å². The number of hydrogen-bond donors (Lipinski definition) is 3. The van der Waals surface area contributed by atoms with Crippen molar-refractivity contribution in [3.05, 3.63) is 35.0 Å². The summed E-state index contributed by atoms with van der Waals surface area (Å²) < 4.78 is 5.32. The zero-order chi connectivity index (χ0) is 16.4. The fourth-order valence-corrected chi connectivity index (χ4v) is 3.21. The third-order valence-electron chi connectivity index (χ3n) is 4.92. The molecule has 2 heterocycles. The first-order valence-corrected chi connectivity index (χ1v) is 8.25. The lowest BCUT2D eigenvalue weighted by molar-refractivity contribution is -0.124. The third kappa shape index (κ3) is 3.91. The number of amides is 1. The van der Waals surface area contributed by atoms with Gasteiger partial charge in [0.15, 0.2) is 0 Å². The first kappa shape index (κ1) is 18.8. The van der Waals surface area contributed by atoms with Gasteiger partial charge in [-0.25, -0.2) is 0 Å². The lowest BCUT2D eigenvalue weighted by Gasteiger charge is -2.26. The van der Waals surface area contributed by atoms with E-state index in [1.54, 1.807) is 0 Å². The zero-order valence-corrected chi connectivity index (χ0v) is 15.0. The van der Waals surface area contributed by atoms with Crippen molar-refractivity contribution in [2.45, 2.75) is 39.3 Å². The van der Waals surface area contributed by atoms with Crippen LogP contribution in [0.3, 0.4) is 0 Å². The average molecular weight is 352 g/mol. The molecule has 1 aliphatic heterocycles. The van der Waals surface area contributed by atoms with Crippen LogP contribution in [-0.2, 0) is 16.1 Å². The SMILES string of the molecule is Cc1[nH]c2ccc(CNC(=O)C(N)C3CCOCC3)cc2c1C.Cl. The normalized spacial score (nSPS) is 16.6. The maximum atomic E-state index is 12.3. The smallest absolute Gasteiger partial charge is 0.237 e. The number of ether oxygens (including phenoxy) is 1.